The van der Waals surface area contributed by atoms with Crippen LogP contribution in [0.4, 0.5) is 0 Å². The number of halogens is 1. The minimum Gasteiger partial charge on any atom is -0.379 e. The highest BCUT2D eigenvalue weighted by atomic mass is 35.5. The Morgan fingerprint density at radius 3 is 2.54 bits per heavy atom. The molecule has 2 aromatic carbocycles. The van der Waals surface area contributed by atoms with Gasteiger partial charge in [0.1, 0.15) is 5.56 Å². The normalized spacial score (nSPS) is 14.1. The average Bonchev–Trinajstić information content (AvgIpc) is 2.84. The molecular formula is C28H30ClN3O3. The molecule has 1 N–H and O–H groups in total. The van der Waals surface area contributed by atoms with Gasteiger partial charge in [0.15, 0.2) is 0 Å². The zero-order valence-electron chi connectivity index (χ0n) is 20.4. The summed E-state index contributed by atoms with van der Waals surface area (Å²) in [5, 5.41) is 3.99. The lowest BCUT2D eigenvalue weighted by atomic mass is 10.0. The molecule has 182 valence electrons. The fourth-order valence-electron chi connectivity index (χ4n) is 4.18. The third kappa shape index (κ3) is 6.12. The summed E-state index contributed by atoms with van der Waals surface area (Å²) < 4.78 is 7.30. The van der Waals surface area contributed by atoms with E-state index in [1.54, 1.807) is 18.3 Å². The van der Waals surface area contributed by atoms with Crippen LogP contribution in [0, 0.1) is 17.8 Å². The molecule has 0 bridgehead atoms. The lowest BCUT2D eigenvalue weighted by Gasteiger charge is -2.26. The van der Waals surface area contributed by atoms with E-state index in [1.807, 2.05) is 43.7 Å². The number of carbonyl (C=O) groups is 1. The highest BCUT2D eigenvalue weighted by Crippen LogP contribution is 2.21. The monoisotopic (exact) mass is 491 g/mol. The second kappa shape index (κ2) is 11.1. The van der Waals surface area contributed by atoms with Gasteiger partial charge in [-0.2, -0.15) is 0 Å². The van der Waals surface area contributed by atoms with Gasteiger partial charge in [0, 0.05) is 61.3 Å². The first kappa shape index (κ1) is 25.0. The Morgan fingerprint density at radius 1 is 1.14 bits per heavy atom. The molecule has 1 aromatic heterocycles. The van der Waals surface area contributed by atoms with Gasteiger partial charge in [-0.25, -0.2) is 0 Å². The Morgan fingerprint density at radius 2 is 1.86 bits per heavy atom. The molecule has 0 atom stereocenters. The van der Waals surface area contributed by atoms with Crippen molar-refractivity contribution in [3.8, 4) is 11.8 Å². The highest BCUT2D eigenvalue weighted by Gasteiger charge is 2.18. The number of aryl methyl sites for hydroxylation is 1. The van der Waals surface area contributed by atoms with Crippen LogP contribution in [0.1, 0.15) is 40.9 Å². The Kier molecular flexibility index (Phi) is 7.92. The van der Waals surface area contributed by atoms with Gasteiger partial charge >= 0.3 is 0 Å². The summed E-state index contributed by atoms with van der Waals surface area (Å²) in [5.41, 5.74) is 3.27. The second-order valence-corrected chi connectivity index (χ2v) is 9.58. The fraction of sp³-hybridized carbons (Fsp3) is 0.357. The maximum Gasteiger partial charge on any atom is 0.257 e. The van der Waals surface area contributed by atoms with E-state index in [1.165, 1.54) is 0 Å². The summed E-state index contributed by atoms with van der Waals surface area (Å²) >= 11 is 5.94. The predicted octanol–water partition coefficient (Wildman–Crippen LogP) is 3.96. The summed E-state index contributed by atoms with van der Waals surface area (Å²) in [6.07, 6.45) is 1.60. The molecule has 1 aliphatic heterocycles. The highest BCUT2D eigenvalue weighted by molar-refractivity contribution is 6.30. The van der Waals surface area contributed by atoms with Gasteiger partial charge in [-0.1, -0.05) is 49.4 Å². The molecule has 1 aliphatic rings. The quantitative estimate of drug-likeness (QED) is 0.549. The van der Waals surface area contributed by atoms with Gasteiger partial charge < -0.3 is 14.6 Å². The van der Waals surface area contributed by atoms with Crippen LogP contribution in [0.3, 0.4) is 0 Å². The van der Waals surface area contributed by atoms with Gasteiger partial charge in [0.05, 0.1) is 18.7 Å². The van der Waals surface area contributed by atoms with Crippen LogP contribution in [0.5, 0.6) is 0 Å². The summed E-state index contributed by atoms with van der Waals surface area (Å²) in [5.74, 6) is 6.28. The van der Waals surface area contributed by atoms with Gasteiger partial charge in [-0.15, -0.1) is 0 Å². The molecule has 0 radical (unpaired) electrons. The summed E-state index contributed by atoms with van der Waals surface area (Å²) in [7, 11) is 1.85. The van der Waals surface area contributed by atoms with E-state index in [2.05, 4.69) is 28.1 Å². The summed E-state index contributed by atoms with van der Waals surface area (Å²) in [4.78, 5) is 28.8. The number of pyridine rings is 1. The van der Waals surface area contributed by atoms with E-state index >= 15 is 0 Å². The van der Waals surface area contributed by atoms with Crippen LogP contribution in [0.2, 0.25) is 5.02 Å². The maximum absolute atomic E-state index is 13.5. The van der Waals surface area contributed by atoms with E-state index in [0.29, 0.717) is 36.7 Å². The Bertz CT molecular complexity index is 1340. The summed E-state index contributed by atoms with van der Waals surface area (Å²) in [6.45, 7) is 8.17. The van der Waals surface area contributed by atoms with Crippen LogP contribution < -0.4 is 10.7 Å². The molecular weight excluding hydrogens is 462 g/mol. The van der Waals surface area contributed by atoms with Crippen LogP contribution in [-0.2, 0) is 24.9 Å². The Labute approximate surface area is 210 Å². The largest absolute Gasteiger partial charge is 0.379 e. The third-order valence-electron chi connectivity index (χ3n) is 5.95. The van der Waals surface area contributed by atoms with E-state index in [-0.39, 0.29) is 16.9 Å². The molecule has 1 amide bonds. The van der Waals surface area contributed by atoms with Crippen LogP contribution in [-0.4, -0.2) is 41.7 Å². The van der Waals surface area contributed by atoms with Crippen molar-refractivity contribution in [1.82, 2.24) is 14.8 Å². The van der Waals surface area contributed by atoms with Crippen molar-refractivity contribution >= 4 is 28.4 Å². The van der Waals surface area contributed by atoms with Gasteiger partial charge in [0.25, 0.3) is 5.91 Å². The number of carbonyl (C=O) groups excluding carboxylic acids is 1. The number of hydrogen-bond donors (Lipinski definition) is 1. The first-order chi connectivity index (χ1) is 16.8. The number of ether oxygens (including phenoxy) is 1. The molecule has 2 heterocycles. The number of morpholine rings is 1. The van der Waals surface area contributed by atoms with Crippen molar-refractivity contribution < 1.29 is 9.53 Å². The molecule has 35 heavy (non-hydrogen) atoms. The zero-order chi connectivity index (χ0) is 24.9. The number of nitrogens with zero attached hydrogens (tertiary/aromatic N) is 2. The number of amides is 1. The minimum absolute atomic E-state index is 0.111. The van der Waals surface area contributed by atoms with E-state index in [9.17, 15) is 9.59 Å². The van der Waals surface area contributed by atoms with Crippen molar-refractivity contribution in [3.05, 3.63) is 80.1 Å². The Hall–Kier alpha value is -3.11. The molecule has 0 saturated carbocycles. The number of fused-ring (bicyclic) bond motifs is 1. The third-order valence-corrected chi connectivity index (χ3v) is 6.20. The molecule has 4 rings (SSSR count). The molecule has 0 aliphatic carbocycles. The first-order valence-electron chi connectivity index (χ1n) is 11.8. The van der Waals surface area contributed by atoms with Crippen molar-refractivity contribution in [2.45, 2.75) is 26.9 Å². The lowest BCUT2D eigenvalue weighted by Crippen LogP contribution is -2.35. The number of benzene rings is 2. The number of aromatic nitrogens is 1. The van der Waals surface area contributed by atoms with Gasteiger partial charge in [-0.05, 0) is 35.4 Å². The number of nitrogens with one attached hydrogen (secondary N) is 1. The molecule has 0 unspecified atom stereocenters. The second-order valence-electron chi connectivity index (χ2n) is 9.14. The van der Waals surface area contributed by atoms with E-state index < -0.39 is 5.91 Å². The summed E-state index contributed by atoms with van der Waals surface area (Å²) in [6, 6.07) is 11.2. The molecule has 7 heteroatoms. The van der Waals surface area contributed by atoms with Crippen molar-refractivity contribution in [3.63, 3.8) is 0 Å². The molecule has 3 aromatic rings. The standard InChI is InChI=1S/C28H30ClN3O3/c1-19(2)4-7-22-14-21(17-32-10-12-35-13-11-32)15-24-26(22)31(3)18-25(27(24)33)28(34)30-16-20-5-8-23(29)9-6-20/h5-6,8-9,14-15,18-19H,10-13,16-17H2,1-3H3,(H,30,34). The van der Waals surface area contributed by atoms with Gasteiger partial charge in [0.2, 0.25) is 5.43 Å². The molecule has 1 fully saturated rings. The molecule has 0 spiro atoms. The van der Waals surface area contributed by atoms with E-state index in [0.717, 1.165) is 35.3 Å². The van der Waals surface area contributed by atoms with Crippen LogP contribution >= 0.6 is 11.6 Å². The SMILES string of the molecule is CC(C)C#Cc1cc(CN2CCOCC2)cc2c(=O)c(C(=O)NCc3ccc(Cl)cc3)cn(C)c12. The minimum atomic E-state index is -0.407. The lowest BCUT2D eigenvalue weighted by molar-refractivity contribution is 0.0342. The average molecular weight is 492 g/mol. The maximum atomic E-state index is 13.5. The van der Waals surface area contributed by atoms with E-state index in [4.69, 9.17) is 16.3 Å². The van der Waals surface area contributed by atoms with Crippen LogP contribution in [0.25, 0.3) is 10.9 Å². The number of hydrogen-bond acceptors (Lipinski definition) is 4. The van der Waals surface area contributed by atoms with Crippen molar-refractivity contribution in [2.75, 3.05) is 26.3 Å². The Balaban J connectivity index is 1.72. The van der Waals surface area contributed by atoms with Crippen molar-refractivity contribution in [1.29, 1.82) is 0 Å². The molecule has 1 saturated heterocycles. The smallest absolute Gasteiger partial charge is 0.257 e. The number of rotatable bonds is 5. The van der Waals surface area contributed by atoms with Crippen LogP contribution in [0.15, 0.2) is 47.4 Å². The van der Waals surface area contributed by atoms with Crippen molar-refractivity contribution in [2.24, 2.45) is 13.0 Å². The van der Waals surface area contributed by atoms with Gasteiger partial charge in [-0.3, -0.25) is 14.5 Å². The molecule has 6 nitrogen and oxygen atoms in total. The zero-order valence-corrected chi connectivity index (χ0v) is 21.1. The predicted molar refractivity (Wildman–Crippen MR) is 140 cm³/mol. The fourth-order valence-corrected chi connectivity index (χ4v) is 4.30. The topological polar surface area (TPSA) is 63.6 Å². The first-order valence-corrected chi connectivity index (χ1v) is 12.2.